The Morgan fingerprint density at radius 3 is 2.76 bits per heavy atom. The Morgan fingerprint density at radius 1 is 1.59 bits per heavy atom. The number of thiazole rings is 1. The zero-order chi connectivity index (χ0) is 12.8. The average Bonchev–Trinajstić information content (AvgIpc) is 2.69. The van der Waals surface area contributed by atoms with Gasteiger partial charge in [-0.3, -0.25) is 9.59 Å². The Morgan fingerprint density at radius 2 is 2.29 bits per heavy atom. The molecule has 0 saturated carbocycles. The van der Waals surface area contributed by atoms with E-state index in [1.54, 1.807) is 12.4 Å². The van der Waals surface area contributed by atoms with Crippen LogP contribution >= 0.6 is 11.3 Å². The normalized spacial score (nSPS) is 12.1. The molecule has 1 unspecified atom stereocenters. The summed E-state index contributed by atoms with van der Waals surface area (Å²) < 4.78 is 0. The monoisotopic (exact) mass is 256 g/mol. The van der Waals surface area contributed by atoms with Crippen molar-refractivity contribution >= 4 is 23.2 Å². The molecule has 0 aliphatic rings. The maximum atomic E-state index is 11.7. The van der Waals surface area contributed by atoms with Crippen molar-refractivity contribution in [1.82, 2.24) is 10.3 Å². The van der Waals surface area contributed by atoms with Crippen LogP contribution in [0.25, 0.3) is 0 Å². The quantitative estimate of drug-likeness (QED) is 0.811. The van der Waals surface area contributed by atoms with Gasteiger partial charge in [0.25, 0.3) is 5.91 Å². The third kappa shape index (κ3) is 3.81. The molecule has 0 saturated heterocycles. The summed E-state index contributed by atoms with van der Waals surface area (Å²) in [5, 5.41) is 11.6. The Bertz CT molecular complexity index is 403. The van der Waals surface area contributed by atoms with Gasteiger partial charge in [0.05, 0.1) is 17.1 Å². The summed E-state index contributed by atoms with van der Waals surface area (Å²) in [7, 11) is 0. The van der Waals surface area contributed by atoms with E-state index in [9.17, 15) is 9.59 Å². The van der Waals surface area contributed by atoms with Crippen molar-refractivity contribution < 1.29 is 14.7 Å². The summed E-state index contributed by atoms with van der Waals surface area (Å²) in [6, 6.07) is 0. The molecule has 1 heterocycles. The van der Waals surface area contributed by atoms with Gasteiger partial charge in [-0.25, -0.2) is 4.98 Å². The third-order valence-electron chi connectivity index (χ3n) is 2.45. The van der Waals surface area contributed by atoms with Gasteiger partial charge in [0.15, 0.2) is 0 Å². The van der Waals surface area contributed by atoms with E-state index >= 15 is 0 Å². The minimum atomic E-state index is -0.867. The van der Waals surface area contributed by atoms with Gasteiger partial charge in [0.1, 0.15) is 4.88 Å². The van der Waals surface area contributed by atoms with Crippen molar-refractivity contribution in [2.24, 2.45) is 5.92 Å². The molecule has 0 bridgehead atoms. The van der Waals surface area contributed by atoms with Crippen LogP contribution in [-0.4, -0.2) is 28.5 Å². The van der Waals surface area contributed by atoms with Gasteiger partial charge in [-0.1, -0.05) is 13.3 Å². The summed E-state index contributed by atoms with van der Waals surface area (Å²) in [6.07, 6.45) is 1.35. The smallest absolute Gasteiger partial charge is 0.308 e. The standard InChI is InChI=1S/C11H16N2O3S/c1-3-4-8(11(15)16)5-12-10(14)9-7(2)13-6-17-9/h6,8H,3-5H2,1-2H3,(H,12,14)(H,15,16). The molecule has 0 aromatic carbocycles. The molecule has 1 aromatic rings. The lowest BCUT2D eigenvalue weighted by molar-refractivity contribution is -0.141. The molecule has 6 heteroatoms. The molecule has 1 aromatic heterocycles. The molecule has 0 aliphatic heterocycles. The fourth-order valence-electron chi connectivity index (χ4n) is 1.48. The molecule has 1 rings (SSSR count). The lowest BCUT2D eigenvalue weighted by atomic mass is 10.0. The van der Waals surface area contributed by atoms with Gasteiger partial charge in [-0.2, -0.15) is 0 Å². The number of aryl methyl sites for hydroxylation is 1. The van der Waals surface area contributed by atoms with E-state index in [4.69, 9.17) is 5.11 Å². The topological polar surface area (TPSA) is 79.3 Å². The van der Waals surface area contributed by atoms with Crippen molar-refractivity contribution in [3.05, 3.63) is 16.1 Å². The van der Waals surface area contributed by atoms with Crippen LogP contribution in [0.15, 0.2) is 5.51 Å². The van der Waals surface area contributed by atoms with E-state index in [2.05, 4.69) is 10.3 Å². The molecule has 94 valence electrons. The molecule has 0 aliphatic carbocycles. The van der Waals surface area contributed by atoms with Crippen LogP contribution in [0.1, 0.15) is 35.1 Å². The number of nitrogens with one attached hydrogen (secondary N) is 1. The van der Waals surface area contributed by atoms with E-state index < -0.39 is 11.9 Å². The highest BCUT2D eigenvalue weighted by Gasteiger charge is 2.18. The van der Waals surface area contributed by atoms with Crippen molar-refractivity contribution in [1.29, 1.82) is 0 Å². The van der Waals surface area contributed by atoms with Gasteiger partial charge in [0, 0.05) is 6.54 Å². The molecule has 0 radical (unpaired) electrons. The summed E-state index contributed by atoms with van der Waals surface area (Å²) in [4.78, 5) is 27.1. The van der Waals surface area contributed by atoms with E-state index in [0.717, 1.165) is 6.42 Å². The second-order valence-electron chi connectivity index (χ2n) is 3.80. The molecular formula is C11H16N2O3S. The first kappa shape index (κ1) is 13.6. The zero-order valence-corrected chi connectivity index (χ0v) is 10.7. The van der Waals surface area contributed by atoms with Crippen LogP contribution in [0.4, 0.5) is 0 Å². The van der Waals surface area contributed by atoms with Crippen molar-refractivity contribution in [2.45, 2.75) is 26.7 Å². The molecule has 5 nitrogen and oxygen atoms in total. The predicted octanol–water partition coefficient (Wildman–Crippen LogP) is 1.68. The number of carboxylic acid groups (broad SMARTS) is 1. The second kappa shape index (κ2) is 6.34. The number of hydrogen-bond acceptors (Lipinski definition) is 4. The zero-order valence-electron chi connectivity index (χ0n) is 9.90. The average molecular weight is 256 g/mol. The molecule has 2 N–H and O–H groups in total. The van der Waals surface area contributed by atoms with Crippen LogP contribution < -0.4 is 5.32 Å². The molecule has 17 heavy (non-hydrogen) atoms. The summed E-state index contributed by atoms with van der Waals surface area (Å²) in [5.74, 6) is -1.63. The van der Waals surface area contributed by atoms with Crippen LogP contribution in [0.5, 0.6) is 0 Å². The van der Waals surface area contributed by atoms with Gasteiger partial charge >= 0.3 is 5.97 Å². The highest BCUT2D eigenvalue weighted by molar-refractivity contribution is 7.11. The van der Waals surface area contributed by atoms with E-state index in [1.807, 2.05) is 6.92 Å². The number of carbonyl (C=O) groups excluding carboxylic acids is 1. The number of nitrogens with zero attached hydrogens (tertiary/aromatic N) is 1. The van der Waals surface area contributed by atoms with Crippen LogP contribution in [-0.2, 0) is 4.79 Å². The maximum Gasteiger partial charge on any atom is 0.308 e. The number of aliphatic carboxylic acids is 1. The number of amides is 1. The molecule has 0 fully saturated rings. The molecule has 1 amide bonds. The highest BCUT2D eigenvalue weighted by Crippen LogP contribution is 2.12. The lowest BCUT2D eigenvalue weighted by Crippen LogP contribution is -2.32. The van der Waals surface area contributed by atoms with Crippen molar-refractivity contribution in [2.75, 3.05) is 6.54 Å². The van der Waals surface area contributed by atoms with Gasteiger partial charge in [-0.15, -0.1) is 11.3 Å². The molecule has 1 atom stereocenters. The van der Waals surface area contributed by atoms with E-state index in [-0.39, 0.29) is 12.5 Å². The minimum absolute atomic E-state index is 0.166. The molecular weight excluding hydrogens is 240 g/mol. The summed E-state index contributed by atoms with van der Waals surface area (Å²) >= 11 is 1.26. The first-order valence-corrected chi connectivity index (χ1v) is 6.35. The van der Waals surface area contributed by atoms with Gasteiger partial charge in [-0.05, 0) is 13.3 Å². The number of hydrogen-bond donors (Lipinski definition) is 2. The van der Waals surface area contributed by atoms with Gasteiger partial charge in [0.2, 0.25) is 0 Å². The number of carboxylic acids is 1. The van der Waals surface area contributed by atoms with Crippen LogP contribution in [0, 0.1) is 12.8 Å². The number of aromatic nitrogens is 1. The third-order valence-corrected chi connectivity index (χ3v) is 3.37. The number of carbonyl (C=O) groups is 2. The minimum Gasteiger partial charge on any atom is -0.481 e. The molecule has 0 spiro atoms. The predicted molar refractivity (Wildman–Crippen MR) is 65.2 cm³/mol. The Hall–Kier alpha value is -1.43. The lowest BCUT2D eigenvalue weighted by Gasteiger charge is -2.11. The Labute approximate surface area is 104 Å². The van der Waals surface area contributed by atoms with Crippen LogP contribution in [0.2, 0.25) is 0 Å². The van der Waals surface area contributed by atoms with E-state index in [1.165, 1.54) is 11.3 Å². The fraction of sp³-hybridized carbons (Fsp3) is 0.545. The summed E-state index contributed by atoms with van der Waals surface area (Å²) in [6.45, 7) is 3.84. The van der Waals surface area contributed by atoms with Crippen molar-refractivity contribution in [3.63, 3.8) is 0 Å². The van der Waals surface area contributed by atoms with Crippen molar-refractivity contribution in [3.8, 4) is 0 Å². The van der Waals surface area contributed by atoms with E-state index in [0.29, 0.717) is 17.0 Å². The Kier molecular flexibility index (Phi) is 5.09. The maximum absolute atomic E-state index is 11.7. The SMILES string of the molecule is CCCC(CNC(=O)c1scnc1C)C(=O)O. The summed E-state index contributed by atoms with van der Waals surface area (Å²) in [5.41, 5.74) is 2.28. The largest absolute Gasteiger partial charge is 0.481 e. The Balaban J connectivity index is 2.52. The second-order valence-corrected chi connectivity index (χ2v) is 4.66. The highest BCUT2D eigenvalue weighted by atomic mass is 32.1. The number of rotatable bonds is 6. The first-order valence-electron chi connectivity index (χ1n) is 5.47. The first-order chi connectivity index (χ1) is 8.06. The fourth-order valence-corrected chi connectivity index (χ4v) is 2.20. The van der Waals surface area contributed by atoms with Gasteiger partial charge < -0.3 is 10.4 Å². The van der Waals surface area contributed by atoms with Crippen LogP contribution in [0.3, 0.4) is 0 Å².